The molecular formula is C11H16N4O2S2. The number of aromatic nitrogens is 3. The summed E-state index contributed by atoms with van der Waals surface area (Å²) in [6, 6.07) is 1.70. The molecule has 104 valence electrons. The topological polar surface area (TPSA) is 79.0 Å². The second-order valence-electron chi connectivity index (χ2n) is 4.38. The van der Waals surface area contributed by atoms with Crippen LogP contribution in [0.2, 0.25) is 0 Å². The predicted molar refractivity (Wildman–Crippen MR) is 73.6 cm³/mol. The molecule has 2 aromatic rings. The van der Waals surface area contributed by atoms with Crippen LogP contribution in [-0.4, -0.2) is 35.0 Å². The van der Waals surface area contributed by atoms with E-state index in [9.17, 15) is 8.42 Å². The van der Waals surface area contributed by atoms with E-state index in [1.165, 1.54) is 22.7 Å². The Bertz CT molecular complexity index is 687. The lowest BCUT2D eigenvalue weighted by molar-refractivity contribution is 0.457. The lowest BCUT2D eigenvalue weighted by Crippen LogP contribution is -2.27. The van der Waals surface area contributed by atoms with Crippen molar-refractivity contribution in [2.75, 3.05) is 7.05 Å². The number of aryl methyl sites for hydroxylation is 3. The molecule has 0 unspecified atom stereocenters. The highest BCUT2D eigenvalue weighted by Crippen LogP contribution is 2.27. The second kappa shape index (κ2) is 5.03. The minimum absolute atomic E-state index is 0.154. The average molecular weight is 300 g/mol. The summed E-state index contributed by atoms with van der Waals surface area (Å²) >= 11 is 1.48. The molecule has 0 atom stereocenters. The van der Waals surface area contributed by atoms with E-state index in [1.54, 1.807) is 13.0 Å². The molecule has 2 heterocycles. The molecule has 0 bridgehead atoms. The molecule has 0 amide bonds. The first-order valence-electron chi connectivity index (χ1n) is 5.72. The van der Waals surface area contributed by atoms with Gasteiger partial charge in [-0.25, -0.2) is 13.4 Å². The molecule has 2 rings (SSSR count). The summed E-state index contributed by atoms with van der Waals surface area (Å²) in [4.78, 5) is 6.27. The monoisotopic (exact) mass is 300 g/mol. The molecule has 1 N–H and O–H groups in total. The molecule has 0 aliphatic heterocycles. The van der Waals surface area contributed by atoms with Gasteiger partial charge in [0.05, 0.1) is 11.4 Å². The van der Waals surface area contributed by atoms with Crippen molar-refractivity contribution in [1.29, 1.82) is 0 Å². The van der Waals surface area contributed by atoms with E-state index in [2.05, 4.69) is 15.2 Å². The lowest BCUT2D eigenvalue weighted by atomic mass is 10.4. The average Bonchev–Trinajstić information content (AvgIpc) is 2.85. The smallest absolute Gasteiger partial charge is 0.244 e. The van der Waals surface area contributed by atoms with Gasteiger partial charge in [-0.3, -0.25) is 5.10 Å². The summed E-state index contributed by atoms with van der Waals surface area (Å²) in [6.45, 7) is 5.64. The maximum absolute atomic E-state index is 12.4. The minimum Gasteiger partial charge on any atom is -0.263 e. The molecule has 2 aromatic heterocycles. The lowest BCUT2D eigenvalue weighted by Gasteiger charge is -2.15. The van der Waals surface area contributed by atoms with Gasteiger partial charge in [0.25, 0.3) is 0 Å². The number of hydrogen-bond acceptors (Lipinski definition) is 5. The van der Waals surface area contributed by atoms with Crippen molar-refractivity contribution in [3.05, 3.63) is 27.5 Å². The summed E-state index contributed by atoms with van der Waals surface area (Å²) in [5.74, 6) is 1.14. The highest BCUT2D eigenvalue weighted by molar-refractivity contribution is 7.89. The number of rotatable bonds is 4. The van der Waals surface area contributed by atoms with Crippen LogP contribution in [0.3, 0.4) is 0 Å². The Hall–Kier alpha value is -1.25. The summed E-state index contributed by atoms with van der Waals surface area (Å²) < 4.78 is 26.2. The third-order valence-corrected chi connectivity index (χ3v) is 5.72. The first kappa shape index (κ1) is 14.2. The molecule has 0 aliphatic carbocycles. The van der Waals surface area contributed by atoms with Crippen LogP contribution in [-0.2, 0) is 16.6 Å². The predicted octanol–water partition coefficient (Wildman–Crippen LogP) is 1.61. The number of aromatic amines is 1. The van der Waals surface area contributed by atoms with Gasteiger partial charge in [-0.05, 0) is 26.8 Å². The maximum atomic E-state index is 12.4. The van der Waals surface area contributed by atoms with Gasteiger partial charge < -0.3 is 0 Å². The first-order chi connectivity index (χ1) is 8.80. The number of nitrogens with one attached hydrogen (secondary N) is 1. The van der Waals surface area contributed by atoms with E-state index >= 15 is 0 Å². The quantitative estimate of drug-likeness (QED) is 0.930. The third-order valence-electron chi connectivity index (χ3n) is 2.69. The van der Waals surface area contributed by atoms with Crippen molar-refractivity contribution in [2.45, 2.75) is 32.2 Å². The summed E-state index contributed by atoms with van der Waals surface area (Å²) in [5.41, 5.74) is 0. The van der Waals surface area contributed by atoms with E-state index < -0.39 is 10.0 Å². The van der Waals surface area contributed by atoms with Gasteiger partial charge in [0.15, 0.2) is 5.82 Å². The van der Waals surface area contributed by atoms with Crippen LogP contribution in [0.4, 0.5) is 0 Å². The van der Waals surface area contributed by atoms with Crippen molar-refractivity contribution in [3.63, 3.8) is 0 Å². The molecule has 0 saturated carbocycles. The third kappa shape index (κ3) is 2.85. The zero-order chi connectivity index (χ0) is 14.2. The molecule has 8 heteroatoms. The van der Waals surface area contributed by atoms with E-state index in [0.717, 1.165) is 9.75 Å². The highest BCUT2D eigenvalue weighted by atomic mass is 32.2. The van der Waals surface area contributed by atoms with Crippen LogP contribution >= 0.6 is 11.3 Å². The Morgan fingerprint density at radius 3 is 2.53 bits per heavy atom. The van der Waals surface area contributed by atoms with Gasteiger partial charge in [0, 0.05) is 16.8 Å². The molecule has 0 saturated heterocycles. The molecule has 6 nitrogen and oxygen atoms in total. The molecule has 0 aromatic carbocycles. The highest BCUT2D eigenvalue weighted by Gasteiger charge is 2.25. The first-order valence-corrected chi connectivity index (χ1v) is 7.97. The van der Waals surface area contributed by atoms with Crippen molar-refractivity contribution >= 4 is 21.4 Å². The van der Waals surface area contributed by atoms with Crippen LogP contribution < -0.4 is 0 Å². The summed E-state index contributed by atoms with van der Waals surface area (Å²) in [7, 11) is -1.95. The summed E-state index contributed by atoms with van der Waals surface area (Å²) in [6.07, 6.45) is 0. The van der Waals surface area contributed by atoms with Crippen LogP contribution in [0.1, 0.15) is 21.4 Å². The summed E-state index contributed by atoms with van der Waals surface area (Å²) in [5, 5.41) is 6.65. The number of H-pyrrole nitrogens is 1. The fraction of sp³-hybridized carbons (Fsp3) is 0.455. The van der Waals surface area contributed by atoms with Gasteiger partial charge in [-0.1, -0.05) is 0 Å². The van der Waals surface area contributed by atoms with Crippen molar-refractivity contribution < 1.29 is 8.42 Å². The van der Waals surface area contributed by atoms with Gasteiger partial charge in [-0.2, -0.15) is 9.40 Å². The molecular weight excluding hydrogens is 284 g/mol. The standard InChI is InChI=1S/C11H16N4O2S2/c1-7-5-10(8(2)18-7)19(16,17)15(4)6-11-12-9(3)13-14-11/h5H,6H2,1-4H3,(H,12,13,14). The van der Waals surface area contributed by atoms with Gasteiger partial charge in [0.1, 0.15) is 5.82 Å². The normalized spacial score (nSPS) is 12.3. The van der Waals surface area contributed by atoms with Gasteiger partial charge in [0.2, 0.25) is 10.0 Å². The largest absolute Gasteiger partial charge is 0.263 e. The van der Waals surface area contributed by atoms with E-state index in [4.69, 9.17) is 0 Å². The zero-order valence-corrected chi connectivity index (χ0v) is 12.9. The molecule has 0 aliphatic rings. The Morgan fingerprint density at radius 1 is 1.37 bits per heavy atom. The Morgan fingerprint density at radius 2 is 2.05 bits per heavy atom. The molecule has 0 spiro atoms. The second-order valence-corrected chi connectivity index (χ2v) is 7.85. The minimum atomic E-state index is -3.49. The van der Waals surface area contributed by atoms with Gasteiger partial charge >= 0.3 is 0 Å². The number of sulfonamides is 1. The molecule has 0 radical (unpaired) electrons. The van der Waals surface area contributed by atoms with Crippen molar-refractivity contribution in [2.24, 2.45) is 0 Å². The zero-order valence-electron chi connectivity index (χ0n) is 11.3. The Balaban J connectivity index is 2.27. The van der Waals surface area contributed by atoms with Crippen molar-refractivity contribution in [3.8, 4) is 0 Å². The fourth-order valence-electron chi connectivity index (χ4n) is 1.78. The van der Waals surface area contributed by atoms with Gasteiger partial charge in [-0.15, -0.1) is 11.3 Å². The van der Waals surface area contributed by atoms with Crippen LogP contribution in [0.5, 0.6) is 0 Å². The Labute approximate surface area is 116 Å². The van der Waals surface area contributed by atoms with E-state index in [1.807, 2.05) is 13.8 Å². The maximum Gasteiger partial charge on any atom is 0.244 e. The number of hydrogen-bond donors (Lipinski definition) is 1. The SMILES string of the molecule is Cc1nc(CN(C)S(=O)(=O)c2cc(C)sc2C)n[nH]1. The Kier molecular flexibility index (Phi) is 3.75. The number of nitrogens with zero attached hydrogens (tertiary/aromatic N) is 3. The van der Waals surface area contributed by atoms with E-state index in [-0.39, 0.29) is 6.54 Å². The fourth-order valence-corrected chi connectivity index (χ4v) is 4.42. The number of thiophene rings is 1. The molecule has 0 fully saturated rings. The van der Waals surface area contributed by atoms with Crippen molar-refractivity contribution in [1.82, 2.24) is 19.5 Å². The van der Waals surface area contributed by atoms with Crippen LogP contribution in [0.25, 0.3) is 0 Å². The van der Waals surface area contributed by atoms with E-state index in [0.29, 0.717) is 16.5 Å². The van der Waals surface area contributed by atoms with Crippen LogP contribution in [0, 0.1) is 20.8 Å². The molecule has 19 heavy (non-hydrogen) atoms. The van der Waals surface area contributed by atoms with Crippen LogP contribution in [0.15, 0.2) is 11.0 Å².